The first kappa shape index (κ1) is 21.0. The van der Waals surface area contributed by atoms with Crippen LogP contribution in [0, 0.1) is 0 Å². The number of carbonyl (C=O) groups is 3. The SMILES string of the molecule is CCOc1ccccc1C(=O)NCC(=O)O[C@@H](C)C(=O)c1ccc(OC)cc1. The summed E-state index contributed by atoms with van der Waals surface area (Å²) in [5, 5.41) is 2.48. The molecule has 0 spiro atoms. The van der Waals surface area contributed by atoms with E-state index in [1.165, 1.54) is 14.0 Å². The zero-order valence-electron chi connectivity index (χ0n) is 16.1. The van der Waals surface area contributed by atoms with Crippen LogP contribution in [0.15, 0.2) is 48.5 Å². The van der Waals surface area contributed by atoms with Crippen molar-refractivity contribution in [2.45, 2.75) is 20.0 Å². The Bertz CT molecular complexity index is 831. The minimum Gasteiger partial charge on any atom is -0.497 e. The van der Waals surface area contributed by atoms with Crippen LogP contribution < -0.4 is 14.8 Å². The number of carbonyl (C=O) groups excluding carboxylic acids is 3. The van der Waals surface area contributed by atoms with E-state index >= 15 is 0 Å². The van der Waals surface area contributed by atoms with E-state index in [2.05, 4.69) is 5.32 Å². The summed E-state index contributed by atoms with van der Waals surface area (Å²) in [6.07, 6.45) is -0.978. The number of hydrogen-bond acceptors (Lipinski definition) is 6. The minimum atomic E-state index is -0.978. The third kappa shape index (κ3) is 5.57. The highest BCUT2D eigenvalue weighted by atomic mass is 16.5. The van der Waals surface area contributed by atoms with Crippen LogP contribution in [0.3, 0.4) is 0 Å². The molecule has 0 radical (unpaired) electrons. The highest BCUT2D eigenvalue weighted by molar-refractivity contribution is 6.01. The molecular weight excluding hydrogens is 362 g/mol. The second-order valence-electron chi connectivity index (χ2n) is 5.84. The monoisotopic (exact) mass is 385 g/mol. The van der Waals surface area contributed by atoms with Crippen molar-refractivity contribution in [3.05, 3.63) is 59.7 Å². The normalized spacial score (nSPS) is 11.2. The van der Waals surface area contributed by atoms with Crippen LogP contribution >= 0.6 is 0 Å². The van der Waals surface area contributed by atoms with E-state index in [9.17, 15) is 14.4 Å². The van der Waals surface area contributed by atoms with Crippen LogP contribution in [0.25, 0.3) is 0 Å². The van der Waals surface area contributed by atoms with Crippen LogP contribution in [0.4, 0.5) is 0 Å². The summed E-state index contributed by atoms with van der Waals surface area (Å²) in [7, 11) is 1.53. The molecule has 0 bridgehead atoms. The topological polar surface area (TPSA) is 90.9 Å². The van der Waals surface area contributed by atoms with Crippen molar-refractivity contribution in [2.75, 3.05) is 20.3 Å². The van der Waals surface area contributed by atoms with E-state index in [-0.39, 0.29) is 12.3 Å². The molecule has 0 saturated carbocycles. The van der Waals surface area contributed by atoms with Crippen LogP contribution in [-0.2, 0) is 9.53 Å². The number of Topliss-reactive ketones (excluding diaryl/α,β-unsaturated/α-hetero) is 1. The second kappa shape index (κ2) is 10.1. The first-order valence-electron chi connectivity index (χ1n) is 8.84. The van der Waals surface area contributed by atoms with Gasteiger partial charge in [0.25, 0.3) is 5.91 Å². The van der Waals surface area contributed by atoms with Crippen LogP contribution in [-0.4, -0.2) is 44.0 Å². The smallest absolute Gasteiger partial charge is 0.326 e. The van der Waals surface area contributed by atoms with E-state index in [0.29, 0.717) is 29.2 Å². The molecule has 2 rings (SSSR count). The van der Waals surface area contributed by atoms with Gasteiger partial charge < -0.3 is 19.5 Å². The fourth-order valence-corrected chi connectivity index (χ4v) is 2.47. The van der Waals surface area contributed by atoms with Gasteiger partial charge in [-0.25, -0.2) is 0 Å². The highest BCUT2D eigenvalue weighted by Crippen LogP contribution is 2.17. The number of amides is 1. The number of nitrogens with one attached hydrogen (secondary N) is 1. The zero-order chi connectivity index (χ0) is 20.5. The Labute approximate surface area is 163 Å². The minimum absolute atomic E-state index is 0.319. The number of rotatable bonds is 9. The molecule has 0 aliphatic heterocycles. The van der Waals surface area contributed by atoms with Gasteiger partial charge in [0, 0.05) is 5.56 Å². The molecule has 0 aliphatic rings. The molecule has 1 atom stereocenters. The lowest BCUT2D eigenvalue weighted by Crippen LogP contribution is -2.34. The molecule has 0 unspecified atom stereocenters. The Morgan fingerprint density at radius 2 is 1.71 bits per heavy atom. The summed E-state index contributed by atoms with van der Waals surface area (Å²) in [4.78, 5) is 36.6. The van der Waals surface area contributed by atoms with Crippen molar-refractivity contribution < 1.29 is 28.6 Å². The quantitative estimate of drug-likeness (QED) is 0.527. The van der Waals surface area contributed by atoms with Crippen molar-refractivity contribution >= 4 is 17.7 Å². The predicted octanol–water partition coefficient (Wildman–Crippen LogP) is 2.64. The standard InChI is InChI=1S/C21H23NO6/c1-4-27-18-8-6-5-7-17(18)21(25)22-13-19(23)28-14(2)20(24)15-9-11-16(26-3)12-10-15/h5-12,14H,4,13H2,1-3H3,(H,22,25)/t14-/m0/s1. The molecule has 28 heavy (non-hydrogen) atoms. The van der Waals surface area contributed by atoms with Gasteiger partial charge in [-0.3, -0.25) is 14.4 Å². The predicted molar refractivity (Wildman–Crippen MR) is 103 cm³/mol. The Hall–Kier alpha value is -3.35. The number of benzene rings is 2. The maximum Gasteiger partial charge on any atom is 0.326 e. The number of ketones is 1. The van der Waals surface area contributed by atoms with Crippen molar-refractivity contribution in [1.29, 1.82) is 0 Å². The largest absolute Gasteiger partial charge is 0.497 e. The van der Waals surface area contributed by atoms with Crippen molar-refractivity contribution in [3.8, 4) is 11.5 Å². The maximum absolute atomic E-state index is 12.3. The number of ether oxygens (including phenoxy) is 3. The van der Waals surface area contributed by atoms with E-state index < -0.39 is 18.0 Å². The number of methoxy groups -OCH3 is 1. The van der Waals surface area contributed by atoms with E-state index in [4.69, 9.17) is 14.2 Å². The van der Waals surface area contributed by atoms with E-state index in [0.717, 1.165) is 0 Å². The van der Waals surface area contributed by atoms with Gasteiger partial charge in [0.15, 0.2) is 6.10 Å². The lowest BCUT2D eigenvalue weighted by molar-refractivity contribution is -0.145. The van der Waals surface area contributed by atoms with E-state index in [1.807, 2.05) is 6.92 Å². The zero-order valence-corrected chi connectivity index (χ0v) is 16.1. The van der Waals surface area contributed by atoms with Gasteiger partial charge in [-0.15, -0.1) is 0 Å². The van der Waals surface area contributed by atoms with Crippen molar-refractivity contribution in [3.63, 3.8) is 0 Å². The lowest BCUT2D eigenvalue weighted by Gasteiger charge is -2.14. The van der Waals surface area contributed by atoms with E-state index in [1.54, 1.807) is 48.5 Å². The lowest BCUT2D eigenvalue weighted by atomic mass is 10.1. The van der Waals surface area contributed by atoms with Gasteiger partial charge in [-0.2, -0.15) is 0 Å². The summed E-state index contributed by atoms with van der Waals surface area (Å²) < 4.78 is 15.6. The molecule has 1 N–H and O–H groups in total. The summed E-state index contributed by atoms with van der Waals surface area (Å²) in [5.74, 6) is -0.467. The molecule has 148 valence electrons. The van der Waals surface area contributed by atoms with Crippen LogP contribution in [0.5, 0.6) is 11.5 Å². The summed E-state index contributed by atoms with van der Waals surface area (Å²) in [6.45, 7) is 3.35. The molecular formula is C21H23NO6. The number of para-hydroxylation sites is 1. The van der Waals surface area contributed by atoms with Crippen molar-refractivity contribution in [1.82, 2.24) is 5.32 Å². The summed E-state index contributed by atoms with van der Waals surface area (Å²) in [5.41, 5.74) is 0.718. The van der Waals surface area contributed by atoms with Gasteiger partial charge in [0.1, 0.15) is 18.0 Å². The summed E-state index contributed by atoms with van der Waals surface area (Å²) >= 11 is 0. The molecule has 2 aromatic carbocycles. The highest BCUT2D eigenvalue weighted by Gasteiger charge is 2.20. The Morgan fingerprint density at radius 3 is 2.36 bits per heavy atom. The number of esters is 1. The average molecular weight is 385 g/mol. The second-order valence-corrected chi connectivity index (χ2v) is 5.84. The maximum atomic E-state index is 12.3. The molecule has 7 heteroatoms. The summed E-state index contributed by atoms with van der Waals surface area (Å²) in [6, 6.07) is 13.2. The molecule has 0 aromatic heterocycles. The Kier molecular flexibility index (Phi) is 7.56. The molecule has 0 saturated heterocycles. The number of hydrogen-bond donors (Lipinski definition) is 1. The molecule has 7 nitrogen and oxygen atoms in total. The van der Waals surface area contributed by atoms with Crippen molar-refractivity contribution in [2.24, 2.45) is 0 Å². The van der Waals surface area contributed by atoms with Gasteiger partial charge in [-0.1, -0.05) is 12.1 Å². The van der Waals surface area contributed by atoms with Gasteiger partial charge >= 0.3 is 5.97 Å². The van der Waals surface area contributed by atoms with Gasteiger partial charge in [0.2, 0.25) is 5.78 Å². The molecule has 0 aliphatic carbocycles. The third-order valence-corrected chi connectivity index (χ3v) is 3.88. The first-order chi connectivity index (χ1) is 13.5. The Morgan fingerprint density at radius 1 is 1.04 bits per heavy atom. The molecule has 1 amide bonds. The third-order valence-electron chi connectivity index (χ3n) is 3.88. The molecule has 2 aromatic rings. The van der Waals surface area contributed by atoms with Gasteiger partial charge in [-0.05, 0) is 50.2 Å². The Balaban J connectivity index is 1.89. The molecule has 0 heterocycles. The van der Waals surface area contributed by atoms with Crippen LogP contribution in [0.1, 0.15) is 34.6 Å². The fourth-order valence-electron chi connectivity index (χ4n) is 2.47. The fraction of sp³-hybridized carbons (Fsp3) is 0.286. The van der Waals surface area contributed by atoms with Crippen LogP contribution in [0.2, 0.25) is 0 Å². The molecule has 0 fully saturated rings. The van der Waals surface area contributed by atoms with Gasteiger partial charge in [0.05, 0.1) is 19.3 Å². The average Bonchev–Trinajstić information content (AvgIpc) is 2.72. The first-order valence-corrected chi connectivity index (χ1v) is 8.84.